The van der Waals surface area contributed by atoms with Gasteiger partial charge in [0.15, 0.2) is 5.43 Å². The lowest BCUT2D eigenvalue weighted by Gasteiger charge is -2.09. The average Bonchev–Trinajstić information content (AvgIpc) is 2.63. The first kappa shape index (κ1) is 17.3. The minimum Gasteiger partial charge on any atom is -0.492 e. The minimum atomic E-state index is -0.0260. The fourth-order valence-corrected chi connectivity index (χ4v) is 2.65. The maximum absolute atomic E-state index is 12.9. The van der Waals surface area contributed by atoms with E-state index in [1.807, 2.05) is 38.4 Å². The number of benzene rings is 2. The Kier molecular flexibility index (Phi) is 5.53. The van der Waals surface area contributed by atoms with Crippen molar-refractivity contribution in [3.8, 4) is 11.5 Å². The summed E-state index contributed by atoms with van der Waals surface area (Å²) < 4.78 is 11.3. The number of pyridine rings is 1. The molecule has 0 saturated heterocycles. The first-order chi connectivity index (χ1) is 12.2. The fraction of sp³-hybridized carbons (Fsp3) is 0.316. The quantitative estimate of drug-likeness (QED) is 0.431. The molecular formula is C19H23N3O3. The van der Waals surface area contributed by atoms with Gasteiger partial charge in [-0.1, -0.05) is 0 Å². The highest BCUT2D eigenvalue weighted by molar-refractivity contribution is 5.93. The van der Waals surface area contributed by atoms with Crippen molar-refractivity contribution in [3.63, 3.8) is 0 Å². The van der Waals surface area contributed by atoms with E-state index < -0.39 is 0 Å². The Bertz CT molecular complexity index is 850. The number of hydrogen-bond donors (Lipinski definition) is 3. The second kappa shape index (κ2) is 8.00. The van der Waals surface area contributed by atoms with Gasteiger partial charge in [-0.3, -0.25) is 4.79 Å². The van der Waals surface area contributed by atoms with Crippen LogP contribution in [0.25, 0.3) is 21.8 Å². The van der Waals surface area contributed by atoms with Gasteiger partial charge in [0.25, 0.3) is 0 Å². The first-order valence-electron chi connectivity index (χ1n) is 8.37. The number of H-pyrrole nitrogens is 1. The van der Waals surface area contributed by atoms with E-state index in [-0.39, 0.29) is 5.43 Å². The topological polar surface area (TPSA) is 75.4 Å². The highest BCUT2D eigenvalue weighted by atomic mass is 16.5. The largest absolute Gasteiger partial charge is 0.492 e. The van der Waals surface area contributed by atoms with Crippen LogP contribution in [0.3, 0.4) is 0 Å². The predicted molar refractivity (Wildman–Crippen MR) is 101 cm³/mol. The van der Waals surface area contributed by atoms with E-state index in [4.69, 9.17) is 9.47 Å². The summed E-state index contributed by atoms with van der Waals surface area (Å²) >= 11 is 0. The van der Waals surface area contributed by atoms with Crippen molar-refractivity contribution in [1.82, 2.24) is 15.6 Å². The molecule has 25 heavy (non-hydrogen) atoms. The van der Waals surface area contributed by atoms with Crippen LogP contribution < -0.4 is 25.5 Å². The van der Waals surface area contributed by atoms with Crippen LogP contribution >= 0.6 is 0 Å². The molecule has 0 aliphatic rings. The zero-order valence-electron chi connectivity index (χ0n) is 14.5. The van der Waals surface area contributed by atoms with Crippen molar-refractivity contribution < 1.29 is 9.47 Å². The molecule has 2 aromatic carbocycles. The number of likely N-dealkylation sites (N-methyl/N-ethyl adjacent to an activating group) is 2. The first-order valence-corrected chi connectivity index (χ1v) is 8.37. The maximum Gasteiger partial charge on any atom is 0.197 e. The van der Waals surface area contributed by atoms with Gasteiger partial charge in [0.05, 0.1) is 11.0 Å². The molecule has 3 N–H and O–H groups in total. The van der Waals surface area contributed by atoms with Gasteiger partial charge in [-0.25, -0.2) is 0 Å². The van der Waals surface area contributed by atoms with Gasteiger partial charge in [-0.05, 0) is 50.5 Å². The normalized spacial score (nSPS) is 11.1. The highest BCUT2D eigenvalue weighted by Gasteiger charge is 2.08. The second-order valence-corrected chi connectivity index (χ2v) is 5.77. The number of nitrogens with one attached hydrogen (secondary N) is 3. The summed E-state index contributed by atoms with van der Waals surface area (Å²) in [4.78, 5) is 16.2. The molecule has 132 valence electrons. The van der Waals surface area contributed by atoms with Crippen molar-refractivity contribution >= 4 is 21.8 Å². The molecule has 0 aliphatic heterocycles. The molecule has 1 heterocycles. The summed E-state index contributed by atoms with van der Waals surface area (Å²) in [6, 6.07) is 11.1. The molecule has 0 radical (unpaired) electrons. The van der Waals surface area contributed by atoms with Gasteiger partial charge in [-0.15, -0.1) is 0 Å². The Morgan fingerprint density at radius 1 is 0.840 bits per heavy atom. The predicted octanol–water partition coefficient (Wildman–Crippen LogP) is 1.88. The van der Waals surface area contributed by atoms with Crippen LogP contribution in [0.2, 0.25) is 0 Å². The second-order valence-electron chi connectivity index (χ2n) is 5.77. The average molecular weight is 341 g/mol. The standard InChI is InChI=1S/C19H23N3O3/c1-20-7-9-24-13-3-5-17-15(11-13)19(23)16-12-14(25-10-8-21-2)4-6-18(16)22-17/h3-6,11-12,20-21H,7-10H2,1-2H3,(H,22,23). The summed E-state index contributed by atoms with van der Waals surface area (Å²) in [5.74, 6) is 1.38. The van der Waals surface area contributed by atoms with E-state index in [0.29, 0.717) is 35.5 Å². The summed E-state index contributed by atoms with van der Waals surface area (Å²) in [5, 5.41) is 7.28. The highest BCUT2D eigenvalue weighted by Crippen LogP contribution is 2.22. The number of aromatic nitrogens is 1. The molecule has 0 aliphatic carbocycles. The molecule has 6 nitrogen and oxygen atoms in total. The summed E-state index contributed by atoms with van der Waals surface area (Å²) in [6.07, 6.45) is 0. The van der Waals surface area contributed by atoms with E-state index in [9.17, 15) is 4.79 Å². The smallest absolute Gasteiger partial charge is 0.197 e. The molecule has 3 rings (SSSR count). The molecule has 0 amide bonds. The van der Waals surface area contributed by atoms with Crippen LogP contribution in [0.5, 0.6) is 11.5 Å². The molecule has 6 heteroatoms. The van der Waals surface area contributed by atoms with Crippen LogP contribution in [-0.4, -0.2) is 45.4 Å². The van der Waals surface area contributed by atoms with Gasteiger partial charge in [0.2, 0.25) is 0 Å². The van der Waals surface area contributed by atoms with Crippen LogP contribution in [0.1, 0.15) is 0 Å². The molecule has 0 spiro atoms. The molecule has 1 aromatic heterocycles. The van der Waals surface area contributed by atoms with E-state index in [2.05, 4.69) is 15.6 Å². The maximum atomic E-state index is 12.9. The van der Waals surface area contributed by atoms with Gasteiger partial charge >= 0.3 is 0 Å². The van der Waals surface area contributed by atoms with Gasteiger partial charge in [0.1, 0.15) is 24.7 Å². The van der Waals surface area contributed by atoms with Gasteiger partial charge in [-0.2, -0.15) is 0 Å². The van der Waals surface area contributed by atoms with Crippen molar-refractivity contribution in [2.75, 3.05) is 40.4 Å². The van der Waals surface area contributed by atoms with Crippen molar-refractivity contribution in [2.24, 2.45) is 0 Å². The van der Waals surface area contributed by atoms with Crippen molar-refractivity contribution in [1.29, 1.82) is 0 Å². The Hall–Kier alpha value is -2.57. The molecule has 3 aromatic rings. The number of hydrogen-bond acceptors (Lipinski definition) is 5. The lowest BCUT2D eigenvalue weighted by molar-refractivity contribution is 0.319. The molecule has 0 unspecified atom stereocenters. The van der Waals surface area contributed by atoms with Crippen molar-refractivity contribution in [3.05, 3.63) is 46.6 Å². The molecular weight excluding hydrogens is 318 g/mol. The van der Waals surface area contributed by atoms with Crippen LogP contribution in [0, 0.1) is 0 Å². The Labute approximate surface area is 146 Å². The van der Waals surface area contributed by atoms with Crippen molar-refractivity contribution in [2.45, 2.75) is 0 Å². The Morgan fingerprint density at radius 3 is 1.76 bits per heavy atom. The zero-order valence-corrected chi connectivity index (χ0v) is 14.5. The summed E-state index contributed by atoms with van der Waals surface area (Å²) in [6.45, 7) is 2.60. The molecule has 0 bridgehead atoms. The number of aromatic amines is 1. The fourth-order valence-electron chi connectivity index (χ4n) is 2.65. The monoisotopic (exact) mass is 341 g/mol. The molecule has 0 fully saturated rings. The number of ether oxygens (including phenoxy) is 2. The van der Waals surface area contributed by atoms with E-state index in [1.54, 1.807) is 12.1 Å². The minimum absolute atomic E-state index is 0.0260. The SMILES string of the molecule is CNCCOc1ccc2[nH]c3ccc(OCCNC)cc3c(=O)c2c1. The third kappa shape index (κ3) is 3.92. The van der Waals surface area contributed by atoms with E-state index in [0.717, 1.165) is 24.1 Å². The Balaban J connectivity index is 1.97. The van der Waals surface area contributed by atoms with E-state index >= 15 is 0 Å². The lowest BCUT2D eigenvalue weighted by atomic mass is 10.1. The summed E-state index contributed by atoms with van der Waals surface area (Å²) in [7, 11) is 3.74. The van der Waals surface area contributed by atoms with E-state index in [1.165, 1.54) is 0 Å². The summed E-state index contributed by atoms with van der Waals surface area (Å²) in [5.41, 5.74) is 1.56. The third-order valence-corrected chi connectivity index (χ3v) is 3.98. The van der Waals surface area contributed by atoms with Gasteiger partial charge in [0, 0.05) is 23.9 Å². The van der Waals surface area contributed by atoms with Crippen LogP contribution in [-0.2, 0) is 0 Å². The third-order valence-electron chi connectivity index (χ3n) is 3.98. The molecule has 0 atom stereocenters. The lowest BCUT2D eigenvalue weighted by Crippen LogP contribution is -2.16. The Morgan fingerprint density at radius 2 is 1.32 bits per heavy atom. The number of rotatable bonds is 8. The number of fused-ring (bicyclic) bond motifs is 2. The van der Waals surface area contributed by atoms with Crippen LogP contribution in [0.15, 0.2) is 41.2 Å². The molecule has 0 saturated carbocycles. The van der Waals surface area contributed by atoms with Crippen LogP contribution in [0.4, 0.5) is 0 Å². The van der Waals surface area contributed by atoms with Gasteiger partial charge < -0.3 is 25.1 Å². The zero-order chi connectivity index (χ0) is 17.6.